The number of carbonyl (C=O) groups is 1. The lowest BCUT2D eigenvalue weighted by atomic mass is 10.1. The highest BCUT2D eigenvalue weighted by atomic mass is 16.5. The predicted molar refractivity (Wildman–Crippen MR) is 86.4 cm³/mol. The number of aliphatic hydroxyl groups excluding tert-OH is 1. The summed E-state index contributed by atoms with van der Waals surface area (Å²) in [5, 5.41) is 9.38. The number of aliphatic hydroxyl groups is 1. The molecule has 1 saturated heterocycles. The molecule has 0 bridgehead atoms. The van der Waals surface area contributed by atoms with Crippen molar-refractivity contribution >= 4 is 5.91 Å². The van der Waals surface area contributed by atoms with E-state index in [1.165, 1.54) is 0 Å². The SMILES string of the molecule is CCC(CO)N1CCN(C(=O)c2ccc(OC)cc2C)CC1. The van der Waals surface area contributed by atoms with E-state index in [4.69, 9.17) is 4.74 Å². The van der Waals surface area contributed by atoms with Gasteiger partial charge in [0.05, 0.1) is 13.7 Å². The number of hydrogen-bond acceptors (Lipinski definition) is 4. The second kappa shape index (κ2) is 7.61. The van der Waals surface area contributed by atoms with Crippen LogP contribution in [0.2, 0.25) is 0 Å². The van der Waals surface area contributed by atoms with Crippen molar-refractivity contribution in [2.45, 2.75) is 26.3 Å². The number of ether oxygens (including phenoxy) is 1. The highest BCUT2D eigenvalue weighted by Gasteiger charge is 2.26. The number of aryl methyl sites for hydroxylation is 1. The average molecular weight is 306 g/mol. The molecule has 1 fully saturated rings. The van der Waals surface area contributed by atoms with Crippen LogP contribution in [0.3, 0.4) is 0 Å². The van der Waals surface area contributed by atoms with E-state index in [2.05, 4.69) is 11.8 Å². The van der Waals surface area contributed by atoms with E-state index >= 15 is 0 Å². The Morgan fingerprint density at radius 2 is 2.00 bits per heavy atom. The molecule has 122 valence electrons. The Bertz CT molecular complexity index is 507. The molecule has 2 rings (SSSR count). The van der Waals surface area contributed by atoms with Crippen LogP contribution < -0.4 is 4.74 Å². The van der Waals surface area contributed by atoms with Crippen LogP contribution in [0.4, 0.5) is 0 Å². The first-order chi connectivity index (χ1) is 10.6. The summed E-state index contributed by atoms with van der Waals surface area (Å²) in [4.78, 5) is 16.8. The minimum atomic E-state index is 0.0804. The monoisotopic (exact) mass is 306 g/mol. The highest BCUT2D eigenvalue weighted by molar-refractivity contribution is 5.95. The summed E-state index contributed by atoms with van der Waals surface area (Å²) in [6.45, 7) is 7.26. The van der Waals surface area contributed by atoms with Crippen molar-refractivity contribution < 1.29 is 14.6 Å². The van der Waals surface area contributed by atoms with E-state index in [0.717, 1.165) is 36.4 Å². The molecule has 1 unspecified atom stereocenters. The average Bonchev–Trinajstić information content (AvgIpc) is 2.56. The van der Waals surface area contributed by atoms with Gasteiger partial charge in [0, 0.05) is 37.8 Å². The molecule has 1 amide bonds. The van der Waals surface area contributed by atoms with E-state index in [9.17, 15) is 9.90 Å². The maximum Gasteiger partial charge on any atom is 0.254 e. The molecule has 1 aliphatic heterocycles. The van der Waals surface area contributed by atoms with Gasteiger partial charge in [0.15, 0.2) is 0 Å². The third kappa shape index (κ3) is 3.59. The molecule has 1 aliphatic rings. The Morgan fingerprint density at radius 3 is 2.50 bits per heavy atom. The van der Waals surface area contributed by atoms with Crippen molar-refractivity contribution in [2.75, 3.05) is 39.9 Å². The standard InChI is InChI=1S/C17H26N2O3/c1-4-14(12-20)18-7-9-19(10-8-18)17(21)16-6-5-15(22-3)11-13(16)2/h5-6,11,14,20H,4,7-10,12H2,1-3H3. The summed E-state index contributed by atoms with van der Waals surface area (Å²) >= 11 is 0. The van der Waals surface area contributed by atoms with Crippen LogP contribution in [-0.2, 0) is 0 Å². The molecule has 1 heterocycles. The molecule has 1 N–H and O–H groups in total. The molecule has 5 nitrogen and oxygen atoms in total. The predicted octanol–water partition coefficient (Wildman–Crippen LogP) is 1.53. The Labute approximate surface area is 132 Å². The van der Waals surface area contributed by atoms with Crippen molar-refractivity contribution in [1.29, 1.82) is 0 Å². The lowest BCUT2D eigenvalue weighted by molar-refractivity contribution is 0.0472. The number of rotatable bonds is 5. The van der Waals surface area contributed by atoms with Gasteiger partial charge in [-0.05, 0) is 37.1 Å². The maximum atomic E-state index is 12.7. The van der Waals surface area contributed by atoms with Crippen molar-refractivity contribution in [2.24, 2.45) is 0 Å². The topological polar surface area (TPSA) is 53.0 Å². The molecule has 1 atom stereocenters. The fraction of sp³-hybridized carbons (Fsp3) is 0.588. The molecule has 0 spiro atoms. The van der Waals surface area contributed by atoms with Gasteiger partial charge in [-0.15, -0.1) is 0 Å². The smallest absolute Gasteiger partial charge is 0.254 e. The number of hydrogen-bond donors (Lipinski definition) is 1. The summed E-state index contributed by atoms with van der Waals surface area (Å²) in [7, 11) is 1.63. The Hall–Kier alpha value is -1.59. The van der Waals surface area contributed by atoms with E-state index in [0.29, 0.717) is 13.1 Å². The zero-order valence-electron chi connectivity index (χ0n) is 13.7. The normalized spacial score (nSPS) is 17.4. The first-order valence-corrected chi connectivity index (χ1v) is 7.89. The Balaban J connectivity index is 2.00. The molecule has 0 radical (unpaired) electrons. The first-order valence-electron chi connectivity index (χ1n) is 7.89. The molecule has 1 aromatic carbocycles. The van der Waals surface area contributed by atoms with Gasteiger partial charge in [-0.3, -0.25) is 9.69 Å². The summed E-state index contributed by atoms with van der Waals surface area (Å²) in [5.74, 6) is 0.851. The molecule has 5 heteroatoms. The first kappa shape index (κ1) is 16.8. The summed E-state index contributed by atoms with van der Waals surface area (Å²) < 4.78 is 5.19. The van der Waals surface area contributed by atoms with E-state index < -0.39 is 0 Å². The van der Waals surface area contributed by atoms with Gasteiger partial charge < -0.3 is 14.7 Å². The third-order valence-electron chi connectivity index (χ3n) is 4.46. The van der Waals surface area contributed by atoms with E-state index in [1.54, 1.807) is 7.11 Å². The minimum Gasteiger partial charge on any atom is -0.497 e. The van der Waals surface area contributed by atoms with Gasteiger partial charge >= 0.3 is 0 Å². The van der Waals surface area contributed by atoms with Crippen LogP contribution in [-0.4, -0.2) is 66.8 Å². The largest absolute Gasteiger partial charge is 0.497 e. The second-order valence-corrected chi connectivity index (χ2v) is 5.75. The van der Waals surface area contributed by atoms with Crippen LogP contribution in [0.5, 0.6) is 5.75 Å². The van der Waals surface area contributed by atoms with Crippen molar-refractivity contribution in [3.05, 3.63) is 29.3 Å². The third-order valence-corrected chi connectivity index (χ3v) is 4.46. The number of nitrogens with zero attached hydrogens (tertiary/aromatic N) is 2. The van der Waals surface area contributed by atoms with Crippen LogP contribution in [0.25, 0.3) is 0 Å². The zero-order valence-corrected chi connectivity index (χ0v) is 13.7. The van der Waals surface area contributed by atoms with Crippen molar-refractivity contribution in [3.63, 3.8) is 0 Å². The number of amides is 1. The number of carbonyl (C=O) groups excluding carboxylic acids is 1. The maximum absolute atomic E-state index is 12.7. The molecular formula is C17H26N2O3. The fourth-order valence-electron chi connectivity index (χ4n) is 2.97. The molecular weight excluding hydrogens is 280 g/mol. The fourth-order valence-corrected chi connectivity index (χ4v) is 2.97. The van der Waals surface area contributed by atoms with Gasteiger partial charge in [-0.1, -0.05) is 6.92 Å². The van der Waals surface area contributed by atoms with Gasteiger partial charge in [-0.25, -0.2) is 0 Å². The van der Waals surface area contributed by atoms with E-state index in [1.807, 2.05) is 30.0 Å². The minimum absolute atomic E-state index is 0.0804. The van der Waals surface area contributed by atoms with Crippen LogP contribution in [0.1, 0.15) is 29.3 Å². The Kier molecular flexibility index (Phi) is 5.80. The summed E-state index contributed by atoms with van der Waals surface area (Å²) in [6.07, 6.45) is 0.933. The van der Waals surface area contributed by atoms with Gasteiger partial charge in [0.2, 0.25) is 0 Å². The zero-order chi connectivity index (χ0) is 16.1. The molecule has 22 heavy (non-hydrogen) atoms. The summed E-state index contributed by atoms with van der Waals surface area (Å²) in [6, 6.07) is 5.77. The van der Waals surface area contributed by atoms with Gasteiger partial charge in [0.1, 0.15) is 5.75 Å². The molecule has 0 aromatic heterocycles. The molecule has 0 aliphatic carbocycles. The van der Waals surface area contributed by atoms with E-state index in [-0.39, 0.29) is 18.6 Å². The lowest BCUT2D eigenvalue weighted by Gasteiger charge is -2.38. The van der Waals surface area contributed by atoms with Crippen molar-refractivity contribution in [1.82, 2.24) is 9.80 Å². The summed E-state index contributed by atoms with van der Waals surface area (Å²) in [5.41, 5.74) is 1.68. The number of benzene rings is 1. The quantitative estimate of drug-likeness (QED) is 0.896. The van der Waals surface area contributed by atoms with Crippen LogP contribution in [0, 0.1) is 6.92 Å². The van der Waals surface area contributed by atoms with Crippen LogP contribution in [0.15, 0.2) is 18.2 Å². The highest BCUT2D eigenvalue weighted by Crippen LogP contribution is 2.19. The van der Waals surface area contributed by atoms with Crippen LogP contribution >= 0.6 is 0 Å². The van der Waals surface area contributed by atoms with Crippen molar-refractivity contribution in [3.8, 4) is 5.75 Å². The number of piperazine rings is 1. The van der Waals surface area contributed by atoms with Gasteiger partial charge in [0.25, 0.3) is 5.91 Å². The Morgan fingerprint density at radius 1 is 1.32 bits per heavy atom. The molecule has 0 saturated carbocycles. The van der Waals surface area contributed by atoms with Gasteiger partial charge in [-0.2, -0.15) is 0 Å². The number of methoxy groups -OCH3 is 1. The molecule has 1 aromatic rings. The second-order valence-electron chi connectivity index (χ2n) is 5.75. The lowest BCUT2D eigenvalue weighted by Crippen LogP contribution is -2.52.